The first-order valence-electron chi connectivity index (χ1n) is 3.38. The van der Waals surface area contributed by atoms with Gasteiger partial charge in [-0.25, -0.2) is 0 Å². The molecule has 9 heavy (non-hydrogen) atoms. The van der Waals surface area contributed by atoms with Gasteiger partial charge in [0.05, 0.1) is 0 Å². The summed E-state index contributed by atoms with van der Waals surface area (Å²) in [4.78, 5) is 0. The normalized spacial score (nSPS) is 26.0. The highest BCUT2D eigenvalue weighted by Gasteiger charge is 2.03. The fourth-order valence-corrected chi connectivity index (χ4v) is 1.09. The monoisotopic (exact) mass is 123 g/mol. The highest BCUT2D eigenvalue weighted by atomic mass is 14.5. The lowest BCUT2D eigenvalue weighted by Gasteiger charge is -2.11. The van der Waals surface area contributed by atoms with E-state index in [0.29, 0.717) is 5.92 Å². The van der Waals surface area contributed by atoms with E-state index in [2.05, 4.69) is 25.2 Å². The van der Waals surface area contributed by atoms with Crippen molar-refractivity contribution in [2.24, 2.45) is 11.7 Å². The van der Waals surface area contributed by atoms with Gasteiger partial charge in [0.25, 0.3) is 0 Å². The number of hydrogen-bond acceptors (Lipinski definition) is 1. The van der Waals surface area contributed by atoms with E-state index in [1.807, 2.05) is 0 Å². The first-order chi connectivity index (χ1) is 4.33. The fraction of sp³-hybridized carbons (Fsp3) is 0.500. The first-order valence-corrected chi connectivity index (χ1v) is 3.38. The highest BCUT2D eigenvalue weighted by Crippen LogP contribution is 2.14. The SMILES string of the molecule is CC1=CC(CN)CC=C1. The molecule has 0 heterocycles. The van der Waals surface area contributed by atoms with Crippen LogP contribution in [0.15, 0.2) is 23.8 Å². The van der Waals surface area contributed by atoms with Crippen molar-refractivity contribution >= 4 is 0 Å². The number of rotatable bonds is 1. The van der Waals surface area contributed by atoms with Crippen LogP contribution in [0.5, 0.6) is 0 Å². The molecule has 0 saturated heterocycles. The van der Waals surface area contributed by atoms with Gasteiger partial charge >= 0.3 is 0 Å². The van der Waals surface area contributed by atoms with E-state index in [-0.39, 0.29) is 0 Å². The molecular formula is C8H13N. The molecule has 1 heteroatoms. The second-order valence-electron chi connectivity index (χ2n) is 2.54. The third kappa shape index (κ3) is 1.68. The van der Waals surface area contributed by atoms with Crippen LogP contribution < -0.4 is 5.73 Å². The maximum atomic E-state index is 5.49. The van der Waals surface area contributed by atoms with Crippen LogP contribution in [0.1, 0.15) is 13.3 Å². The Morgan fingerprint density at radius 3 is 3.00 bits per heavy atom. The van der Waals surface area contributed by atoms with E-state index in [1.165, 1.54) is 5.57 Å². The summed E-state index contributed by atoms with van der Waals surface area (Å²) in [6.45, 7) is 2.89. The van der Waals surface area contributed by atoms with Gasteiger partial charge < -0.3 is 5.73 Å². The van der Waals surface area contributed by atoms with Crippen LogP contribution in [-0.4, -0.2) is 6.54 Å². The molecular weight excluding hydrogens is 110 g/mol. The first kappa shape index (κ1) is 6.56. The summed E-state index contributed by atoms with van der Waals surface area (Å²) in [6, 6.07) is 0. The summed E-state index contributed by atoms with van der Waals surface area (Å²) >= 11 is 0. The molecule has 0 radical (unpaired) electrons. The molecule has 0 aromatic heterocycles. The smallest absolute Gasteiger partial charge is 0.00110 e. The van der Waals surface area contributed by atoms with Gasteiger partial charge in [0.1, 0.15) is 0 Å². The van der Waals surface area contributed by atoms with Crippen LogP contribution in [0.4, 0.5) is 0 Å². The van der Waals surface area contributed by atoms with Crippen molar-refractivity contribution in [2.45, 2.75) is 13.3 Å². The zero-order valence-corrected chi connectivity index (χ0v) is 5.80. The Morgan fingerprint density at radius 2 is 2.56 bits per heavy atom. The van der Waals surface area contributed by atoms with Crippen molar-refractivity contribution in [2.75, 3.05) is 6.54 Å². The maximum Gasteiger partial charge on any atom is -0.00110 e. The third-order valence-electron chi connectivity index (χ3n) is 1.62. The molecule has 2 N–H and O–H groups in total. The summed E-state index contributed by atoms with van der Waals surface area (Å²) in [5.41, 5.74) is 6.83. The van der Waals surface area contributed by atoms with Crippen molar-refractivity contribution in [3.05, 3.63) is 23.8 Å². The summed E-state index contributed by atoms with van der Waals surface area (Å²) in [5.74, 6) is 0.593. The quantitative estimate of drug-likeness (QED) is 0.561. The topological polar surface area (TPSA) is 26.0 Å². The minimum atomic E-state index is 0.593. The molecule has 0 spiro atoms. The Bertz CT molecular complexity index is 145. The molecule has 0 amide bonds. The number of hydrogen-bond donors (Lipinski definition) is 1. The van der Waals surface area contributed by atoms with Crippen LogP contribution in [0.3, 0.4) is 0 Å². The number of allylic oxidation sites excluding steroid dienone is 3. The largest absolute Gasteiger partial charge is 0.330 e. The fourth-order valence-electron chi connectivity index (χ4n) is 1.09. The van der Waals surface area contributed by atoms with E-state index >= 15 is 0 Å². The lowest BCUT2D eigenvalue weighted by Crippen LogP contribution is -2.12. The molecule has 0 fully saturated rings. The van der Waals surface area contributed by atoms with E-state index in [9.17, 15) is 0 Å². The lowest BCUT2D eigenvalue weighted by atomic mass is 9.97. The second kappa shape index (κ2) is 2.83. The predicted octanol–water partition coefficient (Wildman–Crippen LogP) is 1.47. The van der Waals surface area contributed by atoms with Crippen molar-refractivity contribution in [3.8, 4) is 0 Å². The summed E-state index contributed by atoms with van der Waals surface area (Å²) in [7, 11) is 0. The van der Waals surface area contributed by atoms with Gasteiger partial charge in [-0.2, -0.15) is 0 Å². The molecule has 1 aliphatic carbocycles. The Labute approximate surface area is 56.2 Å². The van der Waals surface area contributed by atoms with Crippen LogP contribution >= 0.6 is 0 Å². The maximum absolute atomic E-state index is 5.49. The summed E-state index contributed by atoms with van der Waals surface area (Å²) in [5, 5.41) is 0. The van der Waals surface area contributed by atoms with Gasteiger partial charge in [0.2, 0.25) is 0 Å². The van der Waals surface area contributed by atoms with Crippen LogP contribution in [0.2, 0.25) is 0 Å². The predicted molar refractivity (Wildman–Crippen MR) is 40.1 cm³/mol. The Hall–Kier alpha value is -0.560. The molecule has 1 nitrogen and oxygen atoms in total. The standard InChI is InChI=1S/C8H13N/c1-7-3-2-4-8(5-7)6-9/h2-3,5,8H,4,6,9H2,1H3. The van der Waals surface area contributed by atoms with Crippen molar-refractivity contribution in [3.63, 3.8) is 0 Å². The molecule has 1 aliphatic rings. The minimum absolute atomic E-state index is 0.593. The van der Waals surface area contributed by atoms with Crippen LogP contribution in [0, 0.1) is 5.92 Å². The molecule has 1 unspecified atom stereocenters. The van der Waals surface area contributed by atoms with Crippen molar-refractivity contribution < 1.29 is 0 Å². The highest BCUT2D eigenvalue weighted by molar-refractivity contribution is 5.21. The van der Waals surface area contributed by atoms with Crippen molar-refractivity contribution in [1.29, 1.82) is 0 Å². The Kier molecular flexibility index (Phi) is 2.06. The summed E-state index contributed by atoms with van der Waals surface area (Å²) in [6.07, 6.45) is 7.69. The average Bonchev–Trinajstić information content (AvgIpc) is 1.88. The zero-order chi connectivity index (χ0) is 6.69. The molecule has 0 aromatic rings. The molecule has 0 aliphatic heterocycles. The molecule has 0 bridgehead atoms. The Morgan fingerprint density at radius 1 is 1.78 bits per heavy atom. The molecule has 1 rings (SSSR count). The number of nitrogens with two attached hydrogens (primary N) is 1. The van der Waals surface area contributed by atoms with Gasteiger partial charge in [0.15, 0.2) is 0 Å². The second-order valence-corrected chi connectivity index (χ2v) is 2.54. The molecule has 1 atom stereocenters. The van der Waals surface area contributed by atoms with Gasteiger partial charge in [-0.15, -0.1) is 0 Å². The molecule has 50 valence electrons. The van der Waals surface area contributed by atoms with Gasteiger partial charge in [-0.3, -0.25) is 0 Å². The average molecular weight is 123 g/mol. The minimum Gasteiger partial charge on any atom is -0.330 e. The lowest BCUT2D eigenvalue weighted by molar-refractivity contribution is 0.664. The van der Waals surface area contributed by atoms with Crippen molar-refractivity contribution in [1.82, 2.24) is 0 Å². The third-order valence-corrected chi connectivity index (χ3v) is 1.62. The van der Waals surface area contributed by atoms with Crippen LogP contribution in [0.25, 0.3) is 0 Å². The van der Waals surface area contributed by atoms with E-state index in [1.54, 1.807) is 0 Å². The van der Waals surface area contributed by atoms with E-state index in [4.69, 9.17) is 5.73 Å². The van der Waals surface area contributed by atoms with E-state index in [0.717, 1.165) is 13.0 Å². The van der Waals surface area contributed by atoms with Gasteiger partial charge in [-0.05, 0) is 25.8 Å². The molecule has 0 aromatic carbocycles. The van der Waals surface area contributed by atoms with Crippen LogP contribution in [-0.2, 0) is 0 Å². The Balaban J connectivity index is 2.55. The van der Waals surface area contributed by atoms with Gasteiger partial charge in [0, 0.05) is 0 Å². The van der Waals surface area contributed by atoms with Gasteiger partial charge in [-0.1, -0.05) is 23.8 Å². The zero-order valence-electron chi connectivity index (χ0n) is 5.80. The summed E-state index contributed by atoms with van der Waals surface area (Å²) < 4.78 is 0. The van der Waals surface area contributed by atoms with E-state index < -0.39 is 0 Å². The molecule has 0 saturated carbocycles.